The molecule has 2 aromatic carbocycles. The van der Waals surface area contributed by atoms with Crippen LogP contribution in [-0.2, 0) is 20.7 Å². The molecule has 146 valence electrons. The van der Waals surface area contributed by atoms with Gasteiger partial charge in [0.2, 0.25) is 0 Å². The summed E-state index contributed by atoms with van der Waals surface area (Å²) in [6, 6.07) is 14.3. The highest BCUT2D eigenvalue weighted by atomic mass is 16.6. The Hall–Kier alpha value is -3.67. The zero-order valence-electron chi connectivity index (χ0n) is 15.8. The van der Waals surface area contributed by atoms with E-state index < -0.39 is 18.5 Å². The molecule has 0 atom stereocenters. The highest BCUT2D eigenvalue weighted by Gasteiger charge is 2.27. The van der Waals surface area contributed by atoms with Crippen LogP contribution in [0, 0.1) is 0 Å². The molecule has 0 unspecified atom stereocenters. The van der Waals surface area contributed by atoms with E-state index in [0.29, 0.717) is 22.9 Å². The molecule has 6 heteroatoms. The average molecular weight is 389 g/mol. The van der Waals surface area contributed by atoms with Crippen LogP contribution in [0.25, 0.3) is 22.6 Å². The van der Waals surface area contributed by atoms with Crippen LogP contribution < -0.4 is 0 Å². The summed E-state index contributed by atoms with van der Waals surface area (Å²) in [6.07, 6.45) is 3.40. The predicted octanol–water partition coefficient (Wildman–Crippen LogP) is 3.76. The highest BCUT2D eigenvalue weighted by molar-refractivity contribution is 6.07. The summed E-state index contributed by atoms with van der Waals surface area (Å²) in [5.74, 6) is -0.962. The van der Waals surface area contributed by atoms with Crippen LogP contribution in [0.5, 0.6) is 5.75 Å². The Kier molecular flexibility index (Phi) is 4.99. The van der Waals surface area contributed by atoms with Gasteiger partial charge in [0.25, 0.3) is 0 Å². The number of carbonyl (C=O) groups excluding carboxylic acids is 2. The molecular weight excluding hydrogens is 370 g/mol. The summed E-state index contributed by atoms with van der Waals surface area (Å²) in [5.41, 5.74) is 4.68. The molecule has 4 rings (SSSR count). The van der Waals surface area contributed by atoms with Gasteiger partial charge in [0.05, 0.1) is 23.9 Å². The fourth-order valence-corrected chi connectivity index (χ4v) is 3.54. The first-order chi connectivity index (χ1) is 14.1. The maximum atomic E-state index is 12.8. The van der Waals surface area contributed by atoms with Crippen LogP contribution >= 0.6 is 0 Å². The van der Waals surface area contributed by atoms with Gasteiger partial charge in [0, 0.05) is 5.39 Å². The maximum Gasteiger partial charge on any atom is 0.344 e. The molecule has 1 aromatic heterocycles. The van der Waals surface area contributed by atoms with Gasteiger partial charge in [0.15, 0.2) is 6.61 Å². The van der Waals surface area contributed by atoms with Crippen molar-refractivity contribution in [2.24, 2.45) is 0 Å². The highest BCUT2D eigenvalue weighted by Crippen LogP contribution is 2.37. The Morgan fingerprint density at radius 2 is 1.86 bits per heavy atom. The molecule has 0 amide bonds. The Labute approximate surface area is 167 Å². The molecule has 1 N–H and O–H groups in total. The number of pyridine rings is 1. The van der Waals surface area contributed by atoms with Gasteiger partial charge < -0.3 is 14.6 Å². The number of aromatic nitrogens is 1. The van der Waals surface area contributed by atoms with Gasteiger partial charge in [-0.3, -0.25) is 0 Å². The number of phenols is 1. The number of hydrogen-bond acceptors (Lipinski definition) is 6. The molecule has 0 radical (unpaired) electrons. The van der Waals surface area contributed by atoms with E-state index >= 15 is 0 Å². The monoisotopic (exact) mass is 389 g/mol. The fraction of sp³-hybridized carbons (Fsp3) is 0.174. The number of fused-ring (bicyclic) bond motifs is 2. The molecule has 0 saturated carbocycles. The van der Waals surface area contributed by atoms with E-state index in [2.05, 4.69) is 4.74 Å². The third kappa shape index (κ3) is 3.69. The topological polar surface area (TPSA) is 85.7 Å². The molecular formula is C23H19NO5. The smallest absolute Gasteiger partial charge is 0.344 e. The lowest BCUT2D eigenvalue weighted by Crippen LogP contribution is -2.17. The van der Waals surface area contributed by atoms with E-state index in [-0.39, 0.29) is 5.75 Å². The summed E-state index contributed by atoms with van der Waals surface area (Å²) in [4.78, 5) is 29.0. The molecule has 0 bridgehead atoms. The van der Waals surface area contributed by atoms with Crippen molar-refractivity contribution in [1.82, 2.24) is 4.98 Å². The van der Waals surface area contributed by atoms with Crippen molar-refractivity contribution in [2.45, 2.75) is 12.8 Å². The normalized spacial score (nSPS) is 14.0. The molecule has 0 aliphatic heterocycles. The van der Waals surface area contributed by atoms with Crippen molar-refractivity contribution < 1.29 is 24.2 Å². The Balaban J connectivity index is 1.80. The quantitative estimate of drug-likeness (QED) is 0.684. The standard InChI is InChI=1S/C23H19NO5/c1-28-20(26)13-29-23(27)21-17-4-2-3-5-19(17)24-22-15(8-11-18(21)22)12-14-6-9-16(25)10-7-14/h2-7,9-10,12,25H,8,11,13H2,1H3/b15-12+. The molecule has 0 spiro atoms. The minimum atomic E-state index is -0.610. The second-order valence-corrected chi connectivity index (χ2v) is 6.74. The Bertz CT molecular complexity index is 1130. The largest absolute Gasteiger partial charge is 0.508 e. The number of benzene rings is 2. The van der Waals surface area contributed by atoms with Gasteiger partial charge in [-0.2, -0.15) is 0 Å². The fourth-order valence-electron chi connectivity index (χ4n) is 3.54. The summed E-state index contributed by atoms with van der Waals surface area (Å²) in [6.45, 7) is -0.434. The Morgan fingerprint density at radius 3 is 2.62 bits per heavy atom. The molecule has 0 saturated heterocycles. The van der Waals surface area contributed by atoms with Crippen LogP contribution in [0.3, 0.4) is 0 Å². The third-order valence-corrected chi connectivity index (χ3v) is 4.93. The van der Waals surface area contributed by atoms with Crippen molar-refractivity contribution in [3.8, 4) is 5.75 Å². The zero-order chi connectivity index (χ0) is 20.4. The van der Waals surface area contributed by atoms with Crippen LogP contribution in [0.15, 0.2) is 48.5 Å². The minimum absolute atomic E-state index is 0.207. The lowest BCUT2D eigenvalue weighted by molar-refractivity contribution is -0.144. The number of ether oxygens (including phenoxy) is 2. The van der Waals surface area contributed by atoms with E-state index in [1.54, 1.807) is 12.1 Å². The van der Waals surface area contributed by atoms with Gasteiger partial charge >= 0.3 is 11.9 Å². The van der Waals surface area contributed by atoms with E-state index in [0.717, 1.165) is 28.8 Å². The van der Waals surface area contributed by atoms with Crippen LogP contribution in [0.2, 0.25) is 0 Å². The first-order valence-corrected chi connectivity index (χ1v) is 9.22. The number of aromatic hydroxyl groups is 1. The van der Waals surface area contributed by atoms with Crippen molar-refractivity contribution in [3.05, 3.63) is 70.9 Å². The van der Waals surface area contributed by atoms with Crippen molar-refractivity contribution in [2.75, 3.05) is 13.7 Å². The number of carbonyl (C=O) groups is 2. The summed E-state index contributed by atoms with van der Waals surface area (Å²) in [5, 5.41) is 10.2. The maximum absolute atomic E-state index is 12.8. The lowest BCUT2D eigenvalue weighted by atomic mass is 10.0. The first-order valence-electron chi connectivity index (χ1n) is 9.22. The number of nitrogens with zero attached hydrogens (tertiary/aromatic N) is 1. The van der Waals surface area contributed by atoms with Crippen molar-refractivity contribution in [1.29, 1.82) is 0 Å². The molecule has 1 aliphatic rings. The number of methoxy groups -OCH3 is 1. The summed E-state index contributed by atoms with van der Waals surface area (Å²) in [7, 11) is 1.25. The van der Waals surface area contributed by atoms with E-state index in [1.165, 1.54) is 7.11 Å². The number of hydrogen-bond donors (Lipinski definition) is 1. The zero-order valence-corrected chi connectivity index (χ0v) is 15.8. The third-order valence-electron chi connectivity index (χ3n) is 4.93. The van der Waals surface area contributed by atoms with Gasteiger partial charge in [-0.1, -0.05) is 30.3 Å². The molecule has 1 aliphatic carbocycles. The Morgan fingerprint density at radius 1 is 1.10 bits per heavy atom. The van der Waals surface area contributed by atoms with Crippen molar-refractivity contribution >= 4 is 34.5 Å². The summed E-state index contributed by atoms with van der Waals surface area (Å²) < 4.78 is 9.75. The molecule has 3 aromatic rings. The van der Waals surface area contributed by atoms with E-state index in [1.807, 2.05) is 42.5 Å². The number of para-hydroxylation sites is 1. The molecule has 6 nitrogen and oxygen atoms in total. The van der Waals surface area contributed by atoms with E-state index in [4.69, 9.17) is 9.72 Å². The average Bonchev–Trinajstić information content (AvgIpc) is 3.13. The SMILES string of the molecule is COC(=O)COC(=O)c1c2c(nc3ccccc13)/C(=C/c1ccc(O)cc1)CC2. The van der Waals surface area contributed by atoms with Gasteiger partial charge in [0.1, 0.15) is 5.75 Å². The second kappa shape index (κ2) is 7.75. The lowest BCUT2D eigenvalue weighted by Gasteiger charge is -2.12. The number of allylic oxidation sites excluding steroid dienone is 1. The van der Waals surface area contributed by atoms with Gasteiger partial charge in [-0.05, 0) is 53.8 Å². The van der Waals surface area contributed by atoms with E-state index in [9.17, 15) is 14.7 Å². The van der Waals surface area contributed by atoms with Gasteiger partial charge in [-0.25, -0.2) is 14.6 Å². The minimum Gasteiger partial charge on any atom is -0.508 e. The number of phenolic OH excluding ortho intramolecular Hbond substituents is 1. The molecule has 29 heavy (non-hydrogen) atoms. The first kappa shape index (κ1) is 18.7. The predicted molar refractivity (Wildman–Crippen MR) is 108 cm³/mol. The van der Waals surface area contributed by atoms with Crippen LogP contribution in [-0.4, -0.2) is 35.7 Å². The van der Waals surface area contributed by atoms with Gasteiger partial charge in [-0.15, -0.1) is 0 Å². The summed E-state index contributed by atoms with van der Waals surface area (Å²) >= 11 is 0. The van der Waals surface area contributed by atoms with Crippen LogP contribution in [0.1, 0.15) is 33.6 Å². The second-order valence-electron chi connectivity index (χ2n) is 6.74. The van der Waals surface area contributed by atoms with Crippen LogP contribution in [0.4, 0.5) is 0 Å². The molecule has 0 fully saturated rings. The number of esters is 2. The number of rotatable bonds is 4. The van der Waals surface area contributed by atoms with Crippen molar-refractivity contribution in [3.63, 3.8) is 0 Å². The molecule has 1 heterocycles.